The highest BCUT2D eigenvalue weighted by Crippen LogP contribution is 2.36. The zero-order valence-electron chi connectivity index (χ0n) is 19.2. The number of rotatable bonds is 5. The first-order chi connectivity index (χ1) is 13.5. The van der Waals surface area contributed by atoms with Gasteiger partial charge in [0.25, 0.3) is 0 Å². The molecule has 0 saturated carbocycles. The van der Waals surface area contributed by atoms with E-state index in [4.69, 9.17) is 14.2 Å². The molecule has 1 aliphatic heterocycles. The van der Waals surface area contributed by atoms with Crippen molar-refractivity contribution in [1.82, 2.24) is 0 Å². The van der Waals surface area contributed by atoms with Gasteiger partial charge in [0.05, 0.1) is 12.7 Å². The van der Waals surface area contributed by atoms with E-state index >= 15 is 0 Å². The van der Waals surface area contributed by atoms with Gasteiger partial charge in [-0.2, -0.15) is 0 Å². The molecule has 0 bridgehead atoms. The Bertz CT molecular complexity index is 701. The summed E-state index contributed by atoms with van der Waals surface area (Å²) in [5, 5.41) is 11.0. The summed E-state index contributed by atoms with van der Waals surface area (Å²) in [5.41, 5.74) is 4.54. The molecule has 29 heavy (non-hydrogen) atoms. The van der Waals surface area contributed by atoms with Crippen molar-refractivity contribution in [2.45, 2.75) is 84.0 Å². The highest BCUT2D eigenvalue weighted by atomic mass is 28.3. The van der Waals surface area contributed by atoms with Gasteiger partial charge in [-0.3, -0.25) is 0 Å². The van der Waals surface area contributed by atoms with Gasteiger partial charge in [0.1, 0.15) is 20.3 Å². The van der Waals surface area contributed by atoms with E-state index in [1.54, 1.807) is 7.11 Å². The van der Waals surface area contributed by atoms with Crippen LogP contribution in [0.4, 0.5) is 0 Å². The number of hydrogen-bond acceptors (Lipinski definition) is 4. The van der Waals surface area contributed by atoms with E-state index in [1.165, 1.54) is 0 Å². The van der Waals surface area contributed by atoms with Crippen LogP contribution in [0.1, 0.15) is 40.2 Å². The number of methoxy groups -OCH3 is 1. The first-order valence-electron chi connectivity index (χ1n) is 10.5. The number of aliphatic hydroxyl groups excluding tert-OH is 1. The molecule has 0 unspecified atom stereocenters. The van der Waals surface area contributed by atoms with Gasteiger partial charge >= 0.3 is 0 Å². The van der Waals surface area contributed by atoms with Crippen molar-refractivity contribution >= 4 is 8.07 Å². The number of hydrogen-bond donors (Lipinski definition) is 1. The van der Waals surface area contributed by atoms with Gasteiger partial charge in [0.15, 0.2) is 6.29 Å². The van der Waals surface area contributed by atoms with Crippen LogP contribution in [0.5, 0.6) is 0 Å². The van der Waals surface area contributed by atoms with Crippen LogP contribution in [0.3, 0.4) is 0 Å². The van der Waals surface area contributed by atoms with Crippen molar-refractivity contribution in [3.8, 4) is 11.5 Å². The van der Waals surface area contributed by atoms with E-state index in [9.17, 15) is 5.11 Å². The molecule has 1 aromatic rings. The molecule has 2 rings (SSSR count). The van der Waals surface area contributed by atoms with E-state index in [0.29, 0.717) is 6.61 Å². The molecular formula is C24H38O4Si. The van der Waals surface area contributed by atoms with Crippen molar-refractivity contribution in [3.05, 3.63) is 35.9 Å². The van der Waals surface area contributed by atoms with Crippen LogP contribution in [0, 0.1) is 23.3 Å². The summed E-state index contributed by atoms with van der Waals surface area (Å²) in [6.45, 7) is 15.8. The lowest BCUT2D eigenvalue weighted by molar-refractivity contribution is -0.274. The summed E-state index contributed by atoms with van der Waals surface area (Å²) in [4.78, 5) is 0. The fourth-order valence-electron chi connectivity index (χ4n) is 3.45. The molecule has 1 aliphatic rings. The molecule has 0 aromatic heterocycles. The maximum atomic E-state index is 10.9. The van der Waals surface area contributed by atoms with Crippen LogP contribution >= 0.6 is 0 Å². The lowest BCUT2D eigenvalue weighted by Gasteiger charge is -2.44. The molecule has 4 nitrogen and oxygen atoms in total. The molecule has 5 heteroatoms. The van der Waals surface area contributed by atoms with Gasteiger partial charge in [-0.05, 0) is 10.6 Å². The molecular weight excluding hydrogens is 380 g/mol. The average Bonchev–Trinajstić information content (AvgIpc) is 2.66. The largest absolute Gasteiger partial charge is 0.378 e. The van der Waals surface area contributed by atoms with Crippen molar-refractivity contribution in [2.24, 2.45) is 11.8 Å². The molecule has 1 saturated heterocycles. The summed E-state index contributed by atoms with van der Waals surface area (Å²) in [7, 11) is -0.172. The second-order valence-corrected chi connectivity index (χ2v) is 14.8. The molecule has 0 amide bonds. The maximum absolute atomic E-state index is 10.9. The first-order valence-corrected chi connectivity index (χ1v) is 13.5. The minimum Gasteiger partial charge on any atom is -0.378 e. The minimum absolute atomic E-state index is 0.0103. The normalized spacial score (nSPS) is 29.1. The topological polar surface area (TPSA) is 47.9 Å². The number of aliphatic hydroxyl groups is 1. The maximum Gasteiger partial charge on any atom is 0.162 e. The molecule has 0 aliphatic carbocycles. The van der Waals surface area contributed by atoms with E-state index in [-0.39, 0.29) is 23.0 Å². The second-order valence-electron chi connectivity index (χ2n) is 9.77. The van der Waals surface area contributed by atoms with E-state index < -0.39 is 26.6 Å². The van der Waals surface area contributed by atoms with Crippen molar-refractivity contribution in [2.75, 3.05) is 7.11 Å². The Labute approximate surface area is 178 Å². The summed E-state index contributed by atoms with van der Waals surface area (Å²) < 4.78 is 18.0. The molecule has 162 valence electrons. The highest BCUT2D eigenvalue weighted by Gasteiger charge is 2.45. The quantitative estimate of drug-likeness (QED) is 0.560. The highest BCUT2D eigenvalue weighted by molar-refractivity contribution is 6.87. The molecule has 0 radical (unpaired) electrons. The summed E-state index contributed by atoms with van der Waals surface area (Å²) >= 11 is 0. The van der Waals surface area contributed by atoms with Gasteiger partial charge in [-0.25, -0.2) is 0 Å². The molecule has 6 atom stereocenters. The zero-order valence-corrected chi connectivity index (χ0v) is 20.2. The Balaban J connectivity index is 2.17. The molecule has 1 fully saturated rings. The van der Waals surface area contributed by atoms with Gasteiger partial charge in [-0.1, -0.05) is 84.0 Å². The minimum atomic E-state index is -1.81. The van der Waals surface area contributed by atoms with E-state index in [2.05, 4.69) is 71.3 Å². The number of ether oxygens (including phenoxy) is 3. The van der Waals surface area contributed by atoms with Crippen molar-refractivity contribution in [3.63, 3.8) is 0 Å². The van der Waals surface area contributed by atoms with E-state index in [0.717, 1.165) is 5.56 Å². The fraction of sp³-hybridized carbons (Fsp3) is 0.667. The Morgan fingerprint density at radius 2 is 1.76 bits per heavy atom. The Kier molecular flexibility index (Phi) is 8.12. The fourth-order valence-corrected chi connectivity index (χ4v) is 4.33. The lowest BCUT2D eigenvalue weighted by atomic mass is 9.83. The molecule has 1 N–H and O–H groups in total. The van der Waals surface area contributed by atoms with Crippen molar-refractivity contribution in [1.29, 1.82) is 0 Å². The molecule has 1 aromatic carbocycles. The lowest BCUT2D eigenvalue weighted by Crippen LogP contribution is -2.54. The van der Waals surface area contributed by atoms with Gasteiger partial charge in [0.2, 0.25) is 0 Å². The van der Waals surface area contributed by atoms with Crippen LogP contribution in [-0.4, -0.2) is 44.9 Å². The van der Waals surface area contributed by atoms with Crippen molar-refractivity contribution < 1.29 is 19.3 Å². The predicted molar refractivity (Wildman–Crippen MR) is 120 cm³/mol. The monoisotopic (exact) mass is 418 g/mol. The van der Waals surface area contributed by atoms with Gasteiger partial charge < -0.3 is 19.3 Å². The SMILES string of the molecule is CO[C@H]1O[C@@H]([C@@H](O)C#C[Si](C)(C)C(C)(C)C)[C@H](C)[C@@H](OCc2ccccc2)[C@@H]1C. The Morgan fingerprint density at radius 3 is 2.31 bits per heavy atom. The molecule has 0 spiro atoms. The Morgan fingerprint density at radius 1 is 1.14 bits per heavy atom. The number of benzene rings is 1. The second kappa shape index (κ2) is 9.76. The third kappa shape index (κ3) is 5.93. The molecule has 1 heterocycles. The average molecular weight is 419 g/mol. The third-order valence-corrected chi connectivity index (χ3v) is 11.0. The van der Waals surface area contributed by atoms with Crippen LogP contribution < -0.4 is 0 Å². The first kappa shape index (κ1) is 24.1. The van der Waals surface area contributed by atoms with Crippen LogP contribution in [-0.2, 0) is 20.8 Å². The Hall–Kier alpha value is -1.16. The standard InChI is InChI=1S/C24H38O4Si/c1-17-21(27-16-19-12-10-9-11-13-19)18(2)23(26-6)28-22(17)20(25)14-15-29(7,8)24(3,4)5/h9-13,17-18,20-23,25H,16H2,1-8H3/t17-,18+,20+,21-,22-,23+/m1/s1. The van der Waals surface area contributed by atoms with Gasteiger partial charge in [-0.15, -0.1) is 5.54 Å². The van der Waals surface area contributed by atoms with Gasteiger partial charge in [0, 0.05) is 18.9 Å². The third-order valence-electron chi connectivity index (χ3n) is 6.51. The summed E-state index contributed by atoms with van der Waals surface area (Å²) in [6, 6.07) is 10.1. The zero-order chi connectivity index (χ0) is 21.8. The van der Waals surface area contributed by atoms with Crippen LogP contribution in [0.2, 0.25) is 18.1 Å². The van der Waals surface area contributed by atoms with E-state index in [1.807, 2.05) is 18.2 Å². The summed E-state index contributed by atoms with van der Waals surface area (Å²) in [5.74, 6) is 3.16. The van der Waals surface area contributed by atoms with Crippen LogP contribution in [0.15, 0.2) is 30.3 Å². The summed E-state index contributed by atoms with van der Waals surface area (Å²) in [6.07, 6.45) is -1.84. The predicted octanol–water partition coefficient (Wildman–Crippen LogP) is 4.63. The van der Waals surface area contributed by atoms with Crippen LogP contribution in [0.25, 0.3) is 0 Å². The smallest absolute Gasteiger partial charge is 0.162 e.